The lowest BCUT2D eigenvalue weighted by atomic mass is 10.0. The molecule has 0 aromatic carbocycles. The van der Waals surface area contributed by atoms with Gasteiger partial charge in [-0.25, -0.2) is 46.3 Å². The molecule has 0 saturated carbocycles. The van der Waals surface area contributed by atoms with Crippen molar-refractivity contribution in [2.75, 3.05) is 63.1 Å². The van der Waals surface area contributed by atoms with Crippen LogP contribution in [0.25, 0.3) is 95.6 Å². The Balaban J connectivity index is 0.000000128. The van der Waals surface area contributed by atoms with Crippen LogP contribution < -0.4 is 16.8 Å². The number of nitrogens with two attached hydrogens (primary N) is 2. The standard InChI is InChI=1S/C22H21F2N7O.2C21H19F2N7O/c1-14(30-7-4-22(23,24)5-8-30)16-9-15-3-6-31(20(15)27-12-16)18-10-17(11-26-13-18)19-28-21(25-2)32-29-19;1-13(29-6-3-21(22,23)4-7-29)15-8-14-2-5-30(19(14)26-11-15)17-9-16(10-25-12-17)18-27-20(24)31-28-18;22-21(23)2-5-29(6-3-21)19(31)15-7-13-1-4-30(18(13)26-10-15)16-8-14(9-25-11-16)17-12-27-20(24)28-17/h3,6,9-13H,1,4-5,7-8H2,2H3,(H,25,28,29);2,5,8-12H,1,3-4,6-7H2,(H2,24,27,28);1,4,7-12H,2-3,5-6H2,(H3,24,27,28). The molecule has 15 rings (SSSR count). The number of nitrogens with one attached hydrogen (secondary N) is 2. The zero-order chi connectivity index (χ0) is 65.5. The highest BCUT2D eigenvalue weighted by Crippen LogP contribution is 2.36. The fourth-order valence-electron chi connectivity index (χ4n) is 11.3. The van der Waals surface area contributed by atoms with Crippen LogP contribution in [0.5, 0.6) is 0 Å². The van der Waals surface area contributed by atoms with Crippen molar-refractivity contribution in [3.8, 4) is 51.1 Å². The SMILES string of the molecule is C=C(c1cnc2c(ccn2-c2cncc(-c3noc(N)n3)c2)c1)N1CCC(F)(F)CC1.C=C(c1cnc2c(ccn2-c2cncc(-c3noc(NC)n3)c2)c1)N1CCC(F)(F)CC1.Nc1ncc(-c2cncc(-n3ccc4cc(C(=O)N5CCC(F)(F)CC5)cnc43)c2)[nH]1. The van der Waals surface area contributed by atoms with Crippen LogP contribution in [0.1, 0.15) is 60.0 Å². The summed E-state index contributed by atoms with van der Waals surface area (Å²) in [6.45, 7) is 9.45. The fourth-order valence-corrected chi connectivity index (χ4v) is 11.3. The number of anilines is 3. The summed E-state index contributed by atoms with van der Waals surface area (Å²) in [6, 6.07) is 17.4. The highest BCUT2D eigenvalue weighted by atomic mass is 19.3. The molecule has 0 aliphatic carbocycles. The van der Waals surface area contributed by atoms with Gasteiger partial charge in [0.2, 0.25) is 11.6 Å². The number of H-pyrrole nitrogens is 1. The Morgan fingerprint density at radius 3 is 1.33 bits per heavy atom. The predicted molar refractivity (Wildman–Crippen MR) is 339 cm³/mol. The number of hydrogen-bond acceptors (Lipinski definition) is 19. The van der Waals surface area contributed by atoms with Crippen LogP contribution in [0, 0.1) is 0 Å². The Kier molecular flexibility index (Phi) is 16.3. The molecule has 15 heterocycles. The number of fused-ring (bicyclic) bond motifs is 3. The van der Waals surface area contributed by atoms with E-state index in [0.29, 0.717) is 57.3 Å². The van der Waals surface area contributed by atoms with Gasteiger partial charge in [-0.3, -0.25) is 33.4 Å². The summed E-state index contributed by atoms with van der Waals surface area (Å²) in [6.07, 6.45) is 21.1. The molecule has 3 aliphatic heterocycles. The smallest absolute Gasteiger partial charge is 0.321 e. The first-order valence-corrected chi connectivity index (χ1v) is 29.7. The van der Waals surface area contributed by atoms with Crippen LogP contribution in [-0.4, -0.2) is 159 Å². The Labute approximate surface area is 530 Å². The average molecular weight is 1280 g/mol. The molecule has 12 aromatic rings. The summed E-state index contributed by atoms with van der Waals surface area (Å²) in [5.41, 5.74) is 22.0. The zero-order valence-electron chi connectivity index (χ0n) is 50.4. The summed E-state index contributed by atoms with van der Waals surface area (Å²) in [5, 5.41) is 13.1. The Bertz CT molecular complexity index is 4570. The minimum atomic E-state index is -2.69. The van der Waals surface area contributed by atoms with Gasteiger partial charge in [-0.1, -0.05) is 23.5 Å². The van der Waals surface area contributed by atoms with Crippen molar-refractivity contribution in [1.82, 2.24) is 88.6 Å². The number of rotatable bonds is 12. The van der Waals surface area contributed by atoms with Crippen LogP contribution in [0.2, 0.25) is 0 Å². The fraction of sp³-hybridized carbons (Fsp3) is 0.250. The van der Waals surface area contributed by atoms with E-state index >= 15 is 0 Å². The summed E-state index contributed by atoms with van der Waals surface area (Å²) >= 11 is 0. The maximum atomic E-state index is 13.5. The molecule has 30 heteroatoms. The molecule has 12 aromatic heterocycles. The van der Waals surface area contributed by atoms with Gasteiger partial charge in [-0.15, -0.1) is 0 Å². The van der Waals surface area contributed by atoms with E-state index in [-0.39, 0.29) is 89.7 Å². The van der Waals surface area contributed by atoms with Gasteiger partial charge in [0.25, 0.3) is 23.7 Å². The summed E-state index contributed by atoms with van der Waals surface area (Å²) < 4.78 is 96.2. The van der Waals surface area contributed by atoms with E-state index in [4.69, 9.17) is 20.5 Å². The number of amides is 1. The molecule has 0 radical (unpaired) electrons. The molecule has 24 nitrogen and oxygen atoms in total. The summed E-state index contributed by atoms with van der Waals surface area (Å²) in [5.74, 6) is -7.05. The summed E-state index contributed by atoms with van der Waals surface area (Å²) in [7, 11) is 1.70. The van der Waals surface area contributed by atoms with Crippen molar-refractivity contribution in [3.05, 3.63) is 165 Å². The highest BCUT2D eigenvalue weighted by molar-refractivity contribution is 5.97. The molecule has 480 valence electrons. The van der Waals surface area contributed by atoms with E-state index in [1.165, 1.54) is 11.1 Å². The number of halogens is 6. The third kappa shape index (κ3) is 13.1. The third-order valence-electron chi connectivity index (χ3n) is 16.5. The number of nitrogen functional groups attached to an aromatic ring is 2. The van der Waals surface area contributed by atoms with Crippen LogP contribution in [0.15, 0.2) is 157 Å². The topological polar surface area (TPSA) is 290 Å². The number of alkyl halides is 6. The summed E-state index contributed by atoms with van der Waals surface area (Å²) in [4.78, 5) is 59.8. The van der Waals surface area contributed by atoms with Gasteiger partial charge in [0.15, 0.2) is 5.95 Å². The van der Waals surface area contributed by atoms with Gasteiger partial charge in [-0.05, 0) is 54.6 Å². The molecular weight excluding hydrogens is 1220 g/mol. The molecular formula is C64H59F6N21O3. The predicted octanol–water partition coefficient (Wildman–Crippen LogP) is 11.2. The van der Waals surface area contributed by atoms with Gasteiger partial charge in [0, 0.05) is 196 Å². The number of aromatic nitrogens is 15. The van der Waals surface area contributed by atoms with Gasteiger partial charge < -0.3 is 45.5 Å². The molecule has 0 atom stereocenters. The van der Waals surface area contributed by atoms with E-state index in [1.54, 1.807) is 68.9 Å². The minimum absolute atomic E-state index is 0.0151. The number of hydrogen-bond donors (Lipinski definition) is 4. The van der Waals surface area contributed by atoms with Gasteiger partial charge in [0.1, 0.15) is 16.9 Å². The molecule has 1 amide bonds. The second-order valence-corrected chi connectivity index (χ2v) is 22.8. The number of carbonyl (C=O) groups is 1. The van der Waals surface area contributed by atoms with Crippen LogP contribution >= 0.6 is 0 Å². The maximum Gasteiger partial charge on any atom is 0.321 e. The number of aromatic amines is 1. The van der Waals surface area contributed by atoms with Crippen molar-refractivity contribution in [2.24, 2.45) is 0 Å². The minimum Gasteiger partial charge on any atom is -0.371 e. The van der Waals surface area contributed by atoms with Crippen LogP contribution in [-0.2, 0) is 0 Å². The van der Waals surface area contributed by atoms with E-state index < -0.39 is 17.8 Å². The largest absolute Gasteiger partial charge is 0.371 e. The van der Waals surface area contributed by atoms with Crippen molar-refractivity contribution in [3.63, 3.8) is 0 Å². The molecule has 3 aliphatic rings. The Hall–Kier alpha value is -11.5. The van der Waals surface area contributed by atoms with Gasteiger partial charge in [0.05, 0.1) is 53.1 Å². The monoisotopic (exact) mass is 1280 g/mol. The Morgan fingerprint density at radius 2 is 0.915 bits per heavy atom. The van der Waals surface area contributed by atoms with Crippen molar-refractivity contribution in [2.45, 2.75) is 56.3 Å². The van der Waals surface area contributed by atoms with E-state index in [2.05, 4.69) is 78.6 Å². The lowest BCUT2D eigenvalue weighted by Crippen LogP contribution is -2.42. The number of likely N-dealkylation sites (tertiary alicyclic amines) is 3. The first-order valence-electron chi connectivity index (χ1n) is 29.7. The zero-order valence-corrected chi connectivity index (χ0v) is 50.4. The lowest BCUT2D eigenvalue weighted by Gasteiger charge is -2.34. The first-order chi connectivity index (χ1) is 45.2. The second-order valence-electron chi connectivity index (χ2n) is 22.8. The maximum absolute atomic E-state index is 13.5. The van der Waals surface area contributed by atoms with Gasteiger partial charge >= 0.3 is 12.0 Å². The average Bonchev–Trinajstić information content (AvgIpc) is 1.63. The molecule has 3 fully saturated rings. The molecule has 3 saturated heterocycles. The molecule has 0 spiro atoms. The van der Waals surface area contributed by atoms with Crippen molar-refractivity contribution >= 4 is 68.4 Å². The third-order valence-corrected chi connectivity index (χ3v) is 16.5. The Morgan fingerprint density at radius 1 is 0.511 bits per heavy atom. The number of nitrogens with zero attached hydrogens (tertiary/aromatic N) is 17. The normalized spacial score (nSPS) is 15.9. The van der Waals surface area contributed by atoms with E-state index in [9.17, 15) is 31.1 Å². The molecule has 94 heavy (non-hydrogen) atoms. The number of pyridine rings is 6. The van der Waals surface area contributed by atoms with Crippen LogP contribution in [0.3, 0.4) is 0 Å². The second kappa shape index (κ2) is 25.0. The highest BCUT2D eigenvalue weighted by Gasteiger charge is 2.37. The molecule has 0 bridgehead atoms. The van der Waals surface area contributed by atoms with Crippen molar-refractivity contribution < 1.29 is 40.2 Å². The number of piperidine rings is 3. The number of imidazole rings is 1. The van der Waals surface area contributed by atoms with E-state index in [1.807, 2.05) is 90.6 Å². The number of carbonyl (C=O) groups excluding carboxylic acids is 1. The molecule has 0 unspecified atom stereocenters. The van der Waals surface area contributed by atoms with E-state index in [0.717, 1.165) is 66.9 Å². The van der Waals surface area contributed by atoms with Crippen LogP contribution in [0.4, 0.5) is 44.3 Å². The quantitative estimate of drug-likeness (QED) is 0.0827. The van der Waals surface area contributed by atoms with Gasteiger partial charge in [-0.2, -0.15) is 9.97 Å². The lowest BCUT2D eigenvalue weighted by molar-refractivity contribution is -0.0496. The first kappa shape index (κ1) is 61.4. The molecule has 6 N–H and O–H groups in total. The van der Waals surface area contributed by atoms with Crippen molar-refractivity contribution in [1.29, 1.82) is 0 Å².